The zero-order valence-electron chi connectivity index (χ0n) is 10.7. The molecule has 2 N–H and O–H groups in total. The van der Waals surface area contributed by atoms with Crippen LogP contribution in [0.4, 0.5) is 5.69 Å². The highest BCUT2D eigenvalue weighted by atomic mass is 79.9. The number of nitro benzene ring substituents is 1. The first-order valence-electron chi connectivity index (χ1n) is 5.95. The molecule has 0 saturated carbocycles. The van der Waals surface area contributed by atoms with Crippen molar-refractivity contribution < 1.29 is 9.66 Å². The molecular weight excluding hydrogens is 324 g/mol. The Morgan fingerprint density at radius 3 is 2.60 bits per heavy atom. The van der Waals surface area contributed by atoms with Crippen LogP contribution in [0.25, 0.3) is 0 Å². The first kappa shape index (κ1) is 14.5. The van der Waals surface area contributed by atoms with Crippen molar-refractivity contribution in [3.05, 3.63) is 62.6 Å². The second kappa shape index (κ2) is 6.02. The van der Waals surface area contributed by atoms with E-state index in [9.17, 15) is 10.1 Å². The van der Waals surface area contributed by atoms with E-state index in [1.54, 1.807) is 24.3 Å². The first-order chi connectivity index (χ1) is 9.49. The fourth-order valence-electron chi connectivity index (χ4n) is 1.79. The fraction of sp³-hybridized carbons (Fsp3) is 0.143. The van der Waals surface area contributed by atoms with Gasteiger partial charge in [0.2, 0.25) is 5.75 Å². The van der Waals surface area contributed by atoms with E-state index < -0.39 is 4.92 Å². The van der Waals surface area contributed by atoms with Crippen LogP contribution in [-0.2, 0) is 0 Å². The van der Waals surface area contributed by atoms with Crippen molar-refractivity contribution in [3.63, 3.8) is 0 Å². The molecule has 0 aliphatic heterocycles. The number of rotatable bonds is 4. The SMILES string of the molecule is CC(N)c1ccc(Br)cc1Oc1ccccc1[N+](=O)[O-]. The Morgan fingerprint density at radius 1 is 1.25 bits per heavy atom. The lowest BCUT2D eigenvalue weighted by Crippen LogP contribution is -2.07. The van der Waals surface area contributed by atoms with Crippen molar-refractivity contribution >= 4 is 21.6 Å². The molecule has 2 aromatic carbocycles. The van der Waals surface area contributed by atoms with Gasteiger partial charge in [-0.3, -0.25) is 10.1 Å². The highest BCUT2D eigenvalue weighted by Crippen LogP contribution is 2.35. The molecule has 1 unspecified atom stereocenters. The summed E-state index contributed by atoms with van der Waals surface area (Å²) in [6, 6.07) is 11.4. The van der Waals surface area contributed by atoms with Gasteiger partial charge >= 0.3 is 5.69 Å². The molecule has 0 fully saturated rings. The minimum Gasteiger partial charge on any atom is -0.450 e. The molecule has 0 aliphatic rings. The highest BCUT2D eigenvalue weighted by Gasteiger charge is 2.17. The summed E-state index contributed by atoms with van der Waals surface area (Å²) in [6.07, 6.45) is 0. The van der Waals surface area contributed by atoms with Crippen LogP contribution in [0.2, 0.25) is 0 Å². The van der Waals surface area contributed by atoms with Crippen LogP contribution >= 0.6 is 15.9 Å². The molecule has 0 bridgehead atoms. The summed E-state index contributed by atoms with van der Waals surface area (Å²) in [5, 5.41) is 11.0. The summed E-state index contributed by atoms with van der Waals surface area (Å²) in [5.74, 6) is 0.696. The van der Waals surface area contributed by atoms with Gasteiger partial charge in [0.1, 0.15) is 5.75 Å². The second-order valence-electron chi connectivity index (χ2n) is 4.30. The standard InChI is InChI=1S/C14H13BrN2O3/c1-9(16)11-7-6-10(15)8-14(11)20-13-5-3-2-4-12(13)17(18)19/h2-9H,16H2,1H3. The van der Waals surface area contributed by atoms with E-state index in [2.05, 4.69) is 15.9 Å². The number of nitro groups is 1. The maximum absolute atomic E-state index is 11.0. The van der Waals surface area contributed by atoms with Crippen LogP contribution in [-0.4, -0.2) is 4.92 Å². The number of para-hydroxylation sites is 2. The van der Waals surface area contributed by atoms with E-state index in [-0.39, 0.29) is 17.5 Å². The fourth-order valence-corrected chi connectivity index (χ4v) is 2.13. The lowest BCUT2D eigenvalue weighted by atomic mass is 10.1. The molecule has 0 heterocycles. The van der Waals surface area contributed by atoms with Crippen LogP contribution in [0, 0.1) is 10.1 Å². The maximum atomic E-state index is 11.0. The molecular formula is C14H13BrN2O3. The van der Waals surface area contributed by atoms with Gasteiger partial charge in [-0.25, -0.2) is 0 Å². The van der Waals surface area contributed by atoms with Crippen LogP contribution < -0.4 is 10.5 Å². The van der Waals surface area contributed by atoms with E-state index >= 15 is 0 Å². The Kier molecular flexibility index (Phi) is 4.36. The molecule has 0 spiro atoms. The third-order valence-electron chi connectivity index (χ3n) is 2.75. The van der Waals surface area contributed by atoms with E-state index in [0.29, 0.717) is 5.75 Å². The first-order valence-corrected chi connectivity index (χ1v) is 6.74. The summed E-state index contributed by atoms with van der Waals surface area (Å²) < 4.78 is 6.51. The third-order valence-corrected chi connectivity index (χ3v) is 3.24. The van der Waals surface area contributed by atoms with Crippen molar-refractivity contribution in [1.29, 1.82) is 0 Å². The largest absolute Gasteiger partial charge is 0.450 e. The molecule has 0 saturated heterocycles. The Balaban J connectivity index is 2.45. The van der Waals surface area contributed by atoms with Crippen LogP contribution in [0.15, 0.2) is 46.9 Å². The molecule has 2 aromatic rings. The van der Waals surface area contributed by atoms with Crippen molar-refractivity contribution in [2.24, 2.45) is 5.73 Å². The minimum absolute atomic E-state index is 0.0805. The Labute approximate surface area is 124 Å². The zero-order valence-corrected chi connectivity index (χ0v) is 12.3. The van der Waals surface area contributed by atoms with Gasteiger partial charge in [-0.1, -0.05) is 34.1 Å². The van der Waals surface area contributed by atoms with E-state index in [1.165, 1.54) is 6.07 Å². The normalized spacial score (nSPS) is 11.9. The van der Waals surface area contributed by atoms with Gasteiger partial charge in [0, 0.05) is 22.1 Å². The quantitative estimate of drug-likeness (QED) is 0.671. The molecule has 0 radical (unpaired) electrons. The number of hydrogen-bond donors (Lipinski definition) is 1. The van der Waals surface area contributed by atoms with Crippen molar-refractivity contribution in [3.8, 4) is 11.5 Å². The van der Waals surface area contributed by atoms with Gasteiger partial charge in [-0.15, -0.1) is 0 Å². The van der Waals surface area contributed by atoms with Gasteiger partial charge in [-0.05, 0) is 25.1 Å². The maximum Gasteiger partial charge on any atom is 0.311 e. The monoisotopic (exact) mass is 336 g/mol. The van der Waals surface area contributed by atoms with Gasteiger partial charge in [0.25, 0.3) is 0 Å². The molecule has 5 nitrogen and oxygen atoms in total. The number of halogens is 1. The molecule has 0 aliphatic carbocycles. The average Bonchev–Trinajstić information content (AvgIpc) is 2.38. The predicted molar refractivity (Wildman–Crippen MR) is 79.9 cm³/mol. The van der Waals surface area contributed by atoms with Crippen molar-refractivity contribution in [2.75, 3.05) is 0 Å². The van der Waals surface area contributed by atoms with Gasteiger partial charge < -0.3 is 10.5 Å². The van der Waals surface area contributed by atoms with Crippen LogP contribution in [0.5, 0.6) is 11.5 Å². The van der Waals surface area contributed by atoms with E-state index in [1.807, 2.05) is 19.1 Å². The van der Waals surface area contributed by atoms with E-state index in [4.69, 9.17) is 10.5 Å². The zero-order chi connectivity index (χ0) is 14.7. The summed E-state index contributed by atoms with van der Waals surface area (Å²) in [5.41, 5.74) is 6.59. The molecule has 104 valence electrons. The smallest absolute Gasteiger partial charge is 0.311 e. The number of hydrogen-bond acceptors (Lipinski definition) is 4. The highest BCUT2D eigenvalue weighted by molar-refractivity contribution is 9.10. The van der Waals surface area contributed by atoms with Gasteiger partial charge in [-0.2, -0.15) is 0 Å². The molecule has 2 rings (SSSR count). The molecule has 20 heavy (non-hydrogen) atoms. The topological polar surface area (TPSA) is 78.4 Å². The van der Waals surface area contributed by atoms with Crippen molar-refractivity contribution in [2.45, 2.75) is 13.0 Å². The third kappa shape index (κ3) is 3.15. The Bertz CT molecular complexity index is 644. The number of benzene rings is 2. The van der Waals surface area contributed by atoms with Crippen molar-refractivity contribution in [1.82, 2.24) is 0 Å². The van der Waals surface area contributed by atoms with Gasteiger partial charge in [0.15, 0.2) is 0 Å². The summed E-state index contributed by atoms with van der Waals surface area (Å²) in [4.78, 5) is 10.5. The summed E-state index contributed by atoms with van der Waals surface area (Å²) >= 11 is 3.35. The lowest BCUT2D eigenvalue weighted by molar-refractivity contribution is -0.385. The van der Waals surface area contributed by atoms with Crippen LogP contribution in [0.1, 0.15) is 18.5 Å². The Hall–Kier alpha value is -1.92. The van der Waals surface area contributed by atoms with Gasteiger partial charge in [0.05, 0.1) is 4.92 Å². The van der Waals surface area contributed by atoms with Crippen LogP contribution in [0.3, 0.4) is 0 Å². The number of ether oxygens (including phenoxy) is 1. The number of nitrogens with zero attached hydrogens (tertiary/aromatic N) is 1. The predicted octanol–water partition coefficient (Wildman–Crippen LogP) is 4.17. The molecule has 0 aromatic heterocycles. The number of nitrogens with two attached hydrogens (primary N) is 1. The molecule has 1 atom stereocenters. The molecule has 0 amide bonds. The lowest BCUT2D eigenvalue weighted by Gasteiger charge is -2.14. The minimum atomic E-state index is -0.473. The summed E-state index contributed by atoms with van der Waals surface area (Å²) in [7, 11) is 0. The summed E-state index contributed by atoms with van der Waals surface area (Å²) in [6.45, 7) is 1.83. The Morgan fingerprint density at radius 2 is 1.95 bits per heavy atom. The molecule has 6 heteroatoms. The second-order valence-corrected chi connectivity index (χ2v) is 5.21. The van der Waals surface area contributed by atoms with E-state index in [0.717, 1.165) is 10.0 Å². The average molecular weight is 337 g/mol.